The van der Waals surface area contributed by atoms with Gasteiger partial charge in [0.15, 0.2) is 17.3 Å². The Labute approximate surface area is 524 Å². The summed E-state index contributed by atoms with van der Waals surface area (Å²) in [4.78, 5) is 169. The number of carbonyl (C=O) groups is 11. The largest absolute Gasteiger partial charge is 0.393 e. The highest BCUT2D eigenvalue weighted by Gasteiger charge is 2.38. The van der Waals surface area contributed by atoms with Crippen molar-refractivity contribution >= 4 is 64.5 Å². The Morgan fingerprint density at radius 2 is 1.14 bits per heavy atom. The van der Waals surface area contributed by atoms with Crippen molar-refractivity contribution in [1.82, 2.24) is 41.8 Å². The molecule has 0 radical (unpaired) electrons. The van der Waals surface area contributed by atoms with Crippen LogP contribution in [0, 0.1) is 29.6 Å². The molecule has 2 heterocycles. The minimum Gasteiger partial charge on any atom is -0.393 e. The van der Waals surface area contributed by atoms with Crippen LogP contribution in [0.4, 0.5) is 0 Å². The van der Waals surface area contributed by atoms with E-state index in [1.54, 1.807) is 60.7 Å². The summed E-state index contributed by atoms with van der Waals surface area (Å²) >= 11 is 0. The van der Waals surface area contributed by atoms with Crippen molar-refractivity contribution in [1.29, 1.82) is 0 Å². The van der Waals surface area contributed by atoms with Crippen molar-refractivity contribution in [3.05, 3.63) is 100 Å². The van der Waals surface area contributed by atoms with Gasteiger partial charge < -0.3 is 76.1 Å². The van der Waals surface area contributed by atoms with Gasteiger partial charge in [-0.1, -0.05) is 62.4 Å². The number of aliphatic hydroxyl groups excluding tert-OH is 2. The molecule has 494 valence electrons. The van der Waals surface area contributed by atoms with Gasteiger partial charge in [0.2, 0.25) is 35.4 Å². The molecule has 12 atom stereocenters. The molecule has 1 fully saturated rings. The van der Waals surface area contributed by atoms with Crippen LogP contribution in [-0.4, -0.2) is 167 Å². The summed E-state index contributed by atoms with van der Waals surface area (Å²) in [7, 11) is 0. The molecule has 1 saturated heterocycles. The molecule has 90 heavy (non-hydrogen) atoms. The predicted octanol–water partition coefficient (Wildman–Crippen LogP) is -2.02. The van der Waals surface area contributed by atoms with E-state index >= 15 is 0 Å². The first kappa shape index (κ1) is 74.5. The van der Waals surface area contributed by atoms with E-state index < -0.39 is 168 Å². The summed E-state index contributed by atoms with van der Waals surface area (Å²) in [5, 5.41) is 40.1. The van der Waals surface area contributed by atoms with Crippen LogP contribution in [0.1, 0.15) is 114 Å². The van der Waals surface area contributed by atoms with E-state index in [4.69, 9.17) is 28.7 Å². The molecule has 19 N–H and O–H groups in total. The fraction of sp³-hybridized carbons (Fsp3) is 0.556. The molecule has 0 saturated carbocycles. The Bertz CT molecular complexity index is 2960. The highest BCUT2D eigenvalue weighted by Crippen LogP contribution is 2.24. The molecular formula is C63H93N13O14. The zero-order chi connectivity index (χ0) is 66.6. The van der Waals surface area contributed by atoms with E-state index in [0.717, 1.165) is 6.07 Å². The normalized spacial score (nSPS) is 22.1. The summed E-state index contributed by atoms with van der Waals surface area (Å²) in [6, 6.07) is 11.5. The molecule has 0 spiro atoms. The van der Waals surface area contributed by atoms with Crippen LogP contribution in [0.5, 0.6) is 0 Å². The number of Topliss-reactive ketones (excluding diaryl/α,β-unsaturated/α-hetero) is 4. The van der Waals surface area contributed by atoms with Crippen LogP contribution in [0.3, 0.4) is 0 Å². The van der Waals surface area contributed by atoms with Gasteiger partial charge >= 0.3 is 0 Å². The second-order valence-corrected chi connectivity index (χ2v) is 23.4. The number of ketones is 4. The number of aromatic nitrogens is 1. The van der Waals surface area contributed by atoms with Crippen LogP contribution in [0.15, 0.2) is 83.8 Å². The first-order chi connectivity index (χ1) is 42.8. The van der Waals surface area contributed by atoms with Crippen molar-refractivity contribution in [3.8, 4) is 5.69 Å². The van der Waals surface area contributed by atoms with E-state index in [1.165, 1.54) is 30.7 Å². The number of rotatable bonds is 27. The first-order valence-corrected chi connectivity index (χ1v) is 30.8. The molecule has 3 aromatic rings. The summed E-state index contributed by atoms with van der Waals surface area (Å²) < 4.78 is 1.32. The van der Waals surface area contributed by atoms with Crippen LogP contribution in [0.2, 0.25) is 0 Å². The minimum absolute atomic E-state index is 0.0324. The van der Waals surface area contributed by atoms with E-state index in [9.17, 15) is 67.7 Å². The maximum atomic E-state index is 14.8. The number of nitrogens with one attached hydrogen (secondary N) is 7. The number of nitrogens with two attached hydrogens (primary N) is 5. The molecule has 2 unspecified atom stereocenters. The number of carbonyl (C=O) groups excluding carboxylic acids is 11. The molecular weight excluding hydrogens is 1160 g/mol. The zero-order valence-corrected chi connectivity index (χ0v) is 51.9. The second kappa shape index (κ2) is 37.9. The minimum atomic E-state index is -1.66. The van der Waals surface area contributed by atoms with E-state index in [2.05, 4.69) is 37.2 Å². The van der Waals surface area contributed by atoms with Crippen LogP contribution in [-0.2, 0) is 54.4 Å². The van der Waals surface area contributed by atoms with Gasteiger partial charge in [-0.05, 0) is 128 Å². The summed E-state index contributed by atoms with van der Waals surface area (Å²) in [5.74, 6) is -13.8. The molecule has 27 nitrogen and oxygen atoms in total. The van der Waals surface area contributed by atoms with Crippen LogP contribution >= 0.6 is 0 Å². The van der Waals surface area contributed by atoms with E-state index in [1.807, 2.05) is 13.8 Å². The molecule has 2 aromatic carbocycles. The number of amides is 7. The lowest BCUT2D eigenvalue weighted by Gasteiger charge is -2.27. The third kappa shape index (κ3) is 23.5. The summed E-state index contributed by atoms with van der Waals surface area (Å²) in [6.45, 7) is 5.14. The van der Waals surface area contributed by atoms with E-state index in [0.29, 0.717) is 11.3 Å². The standard InChI is InChI=1S/C63H93N13O14/c1-36(2)29-43-33-53(81)50(30-39-11-7-5-8-12-39)74-57(84)41(15-22-64)32-51(79)40(20-27-69-63(90)56(38(4)78)75-62(89)49(19-26-68)73-61(88)48(18-25-67)72-59(43)86)31-52(80)46(16-23-65)71-60(87)45(37(3)77)35-54(82)47(17-24-66)70-58(85)42-21-28-76(55(83)34-42)44-13-9-6-10-14-44/h5-14,21,28,34,36-38,40-41,43,45-50,56,77-78H,15-20,22-27,29-33,35,64-68H2,1-4H3,(H,69,90)(H,70,85)(H,71,87)(H,72,86)(H,73,88)(H,74,84)(H,75,89)/t37?,38?,40-,41-,43-,45+,46+,47+,48+,49+,50-,56+/m1/s1. The Hall–Kier alpha value is -7.92. The average molecular weight is 1260 g/mol. The van der Waals surface area contributed by atoms with Gasteiger partial charge in [-0.2, -0.15) is 0 Å². The Kier molecular flexibility index (Phi) is 31.4. The maximum Gasteiger partial charge on any atom is 0.255 e. The highest BCUT2D eigenvalue weighted by atomic mass is 16.3. The molecule has 7 amide bonds. The lowest BCUT2D eigenvalue weighted by atomic mass is 9.84. The number of benzene rings is 2. The number of hydrogen-bond donors (Lipinski definition) is 14. The van der Waals surface area contributed by atoms with Gasteiger partial charge in [0, 0.05) is 73.5 Å². The van der Waals surface area contributed by atoms with Gasteiger partial charge in [0.25, 0.3) is 11.5 Å². The van der Waals surface area contributed by atoms with E-state index in [-0.39, 0.29) is 102 Å². The number of hydrogen-bond acceptors (Lipinski definition) is 19. The third-order valence-electron chi connectivity index (χ3n) is 15.7. The summed E-state index contributed by atoms with van der Waals surface area (Å²) in [6.07, 6.45) is -4.71. The fourth-order valence-electron chi connectivity index (χ4n) is 10.6. The maximum absolute atomic E-state index is 14.8. The Balaban J connectivity index is 1.69. The number of aliphatic hydroxyl groups is 2. The number of nitrogens with zero attached hydrogens (tertiary/aromatic N) is 1. The lowest BCUT2D eigenvalue weighted by molar-refractivity contribution is -0.137. The smallest absolute Gasteiger partial charge is 0.255 e. The van der Waals surface area contributed by atoms with Gasteiger partial charge in [-0.25, -0.2) is 0 Å². The monoisotopic (exact) mass is 1260 g/mol. The average Bonchev–Trinajstić information content (AvgIpc) is 2.13. The second-order valence-electron chi connectivity index (χ2n) is 23.4. The summed E-state index contributed by atoms with van der Waals surface area (Å²) in [5.41, 5.74) is 30.2. The van der Waals surface area contributed by atoms with Gasteiger partial charge in [-0.3, -0.25) is 62.1 Å². The van der Waals surface area contributed by atoms with Crippen LogP contribution in [0.25, 0.3) is 5.69 Å². The van der Waals surface area contributed by atoms with Crippen LogP contribution < -0.4 is 71.4 Å². The van der Waals surface area contributed by atoms with Crippen molar-refractivity contribution in [3.63, 3.8) is 0 Å². The van der Waals surface area contributed by atoms with Gasteiger partial charge in [-0.15, -0.1) is 0 Å². The molecule has 27 heteroatoms. The molecule has 1 aliphatic heterocycles. The SMILES string of the molecule is CC(C)C[C@@H]1CC(=O)[C@@H](Cc2ccccc2)NC(=O)[C@H](CCN)CC(=O)[C@@H](CC(=O)[C@H](CCN)NC(=O)[C@@H](CC(=O)[C@H](CCN)NC(=O)c2ccn(-c3ccccc3)c(=O)c2)C(C)O)CCNC(=O)[C@H](C(C)O)NC(=O)[C@H](CCN)NC(=O)[C@H](CCN)NC1=O. The quantitative estimate of drug-likeness (QED) is 0.0392. The molecule has 0 bridgehead atoms. The molecule has 1 aliphatic rings. The lowest BCUT2D eigenvalue weighted by Crippen LogP contribution is -2.59. The van der Waals surface area contributed by atoms with Crippen molar-refractivity contribution in [2.45, 2.75) is 153 Å². The van der Waals surface area contributed by atoms with Crippen molar-refractivity contribution < 1.29 is 63.0 Å². The number of para-hydroxylation sites is 1. The zero-order valence-electron chi connectivity index (χ0n) is 51.9. The van der Waals surface area contributed by atoms with Gasteiger partial charge in [0.1, 0.15) is 23.9 Å². The molecule has 1 aromatic heterocycles. The molecule has 0 aliphatic carbocycles. The van der Waals surface area contributed by atoms with Crippen molar-refractivity contribution in [2.75, 3.05) is 39.3 Å². The topological polar surface area (TPSA) is 465 Å². The van der Waals surface area contributed by atoms with Gasteiger partial charge in [0.05, 0.1) is 36.3 Å². The highest BCUT2D eigenvalue weighted by molar-refractivity contribution is 6.00. The fourth-order valence-corrected chi connectivity index (χ4v) is 10.6. The Morgan fingerprint density at radius 3 is 1.70 bits per heavy atom. The number of pyridine rings is 1. The molecule has 4 rings (SSSR count). The first-order valence-electron chi connectivity index (χ1n) is 30.8. The third-order valence-corrected chi connectivity index (χ3v) is 15.7. The Morgan fingerprint density at radius 1 is 0.600 bits per heavy atom. The van der Waals surface area contributed by atoms with Crippen molar-refractivity contribution in [2.24, 2.45) is 58.3 Å². The predicted molar refractivity (Wildman–Crippen MR) is 334 cm³/mol.